The first-order chi connectivity index (χ1) is 12.4. The second-order valence-corrected chi connectivity index (χ2v) is 7.52. The van der Waals surface area contributed by atoms with Gasteiger partial charge in [-0.3, -0.25) is 4.79 Å². The molecule has 2 saturated carbocycles. The molecule has 0 amide bonds. The second kappa shape index (κ2) is 5.93. The Morgan fingerprint density at radius 2 is 1.15 bits per heavy atom. The Morgan fingerprint density at radius 1 is 0.808 bits per heavy atom. The van der Waals surface area contributed by atoms with E-state index in [4.69, 9.17) is 0 Å². The number of benzene rings is 2. The zero-order valence-electron chi connectivity index (χ0n) is 14.0. The van der Waals surface area contributed by atoms with Gasteiger partial charge in [-0.15, -0.1) is 0 Å². The molecular formula is C21H18F4O. The van der Waals surface area contributed by atoms with Crippen molar-refractivity contribution in [3.05, 3.63) is 71.3 Å². The molecule has 0 saturated heterocycles. The second-order valence-electron chi connectivity index (χ2n) is 7.52. The van der Waals surface area contributed by atoms with Crippen molar-refractivity contribution < 1.29 is 22.4 Å². The SMILES string of the molecule is O=C(C1(Cc2ccccc2F)CC1F)C1(Cc2ccccc2F)CC1F. The number of hydrogen-bond acceptors (Lipinski definition) is 1. The van der Waals surface area contributed by atoms with Crippen LogP contribution >= 0.6 is 0 Å². The fourth-order valence-electron chi connectivity index (χ4n) is 3.98. The molecular weight excluding hydrogens is 344 g/mol. The van der Waals surface area contributed by atoms with Crippen molar-refractivity contribution in [2.45, 2.75) is 38.0 Å². The molecule has 4 rings (SSSR count). The maximum atomic E-state index is 14.3. The summed E-state index contributed by atoms with van der Waals surface area (Å²) in [6, 6.07) is 11.8. The molecule has 0 N–H and O–H groups in total. The first-order valence-electron chi connectivity index (χ1n) is 8.69. The summed E-state index contributed by atoms with van der Waals surface area (Å²) in [5.41, 5.74) is -2.29. The first-order valence-corrected chi connectivity index (χ1v) is 8.69. The summed E-state index contributed by atoms with van der Waals surface area (Å²) in [6.07, 6.45) is -3.09. The van der Waals surface area contributed by atoms with Gasteiger partial charge in [-0.1, -0.05) is 36.4 Å². The van der Waals surface area contributed by atoms with Crippen LogP contribution in [0.4, 0.5) is 17.6 Å². The van der Waals surface area contributed by atoms with Crippen molar-refractivity contribution in [2.75, 3.05) is 0 Å². The van der Waals surface area contributed by atoms with Crippen LogP contribution in [-0.2, 0) is 17.6 Å². The van der Waals surface area contributed by atoms with Crippen molar-refractivity contribution in [3.8, 4) is 0 Å². The van der Waals surface area contributed by atoms with Gasteiger partial charge in [0.05, 0.1) is 10.8 Å². The average Bonchev–Trinajstić information content (AvgIpc) is 3.48. The van der Waals surface area contributed by atoms with E-state index in [0.717, 1.165) is 0 Å². The van der Waals surface area contributed by atoms with E-state index in [-0.39, 0.29) is 36.8 Å². The predicted octanol–water partition coefficient (Wildman–Crippen LogP) is 4.78. The number of ketones is 1. The molecule has 2 fully saturated rings. The number of rotatable bonds is 6. The lowest BCUT2D eigenvalue weighted by molar-refractivity contribution is -0.131. The summed E-state index contributed by atoms with van der Waals surface area (Å²) >= 11 is 0. The fourth-order valence-corrected chi connectivity index (χ4v) is 3.98. The molecule has 0 aliphatic heterocycles. The van der Waals surface area contributed by atoms with Crippen LogP contribution in [0.3, 0.4) is 0 Å². The van der Waals surface area contributed by atoms with Gasteiger partial charge in [0.25, 0.3) is 0 Å². The standard InChI is InChI=1S/C21H18F4O/c22-15-7-3-1-5-13(15)9-20(11-17(20)24)19(26)21(12-18(21)25)10-14-6-2-4-8-16(14)23/h1-8,17-18H,9-12H2. The molecule has 2 aromatic rings. The predicted molar refractivity (Wildman–Crippen MR) is 89.1 cm³/mol. The van der Waals surface area contributed by atoms with Crippen LogP contribution in [0.2, 0.25) is 0 Å². The third kappa shape index (κ3) is 2.65. The molecule has 2 aromatic carbocycles. The van der Waals surface area contributed by atoms with Gasteiger partial charge in [0.1, 0.15) is 24.0 Å². The van der Waals surface area contributed by atoms with E-state index in [1.165, 1.54) is 36.4 Å². The maximum absolute atomic E-state index is 14.3. The number of halogens is 4. The summed E-state index contributed by atoms with van der Waals surface area (Å²) in [5, 5.41) is 0. The molecule has 0 spiro atoms. The first kappa shape index (κ1) is 17.3. The van der Waals surface area contributed by atoms with E-state index in [2.05, 4.69) is 0 Å². The van der Waals surface area contributed by atoms with E-state index < -0.39 is 40.6 Å². The molecule has 0 aromatic heterocycles. The van der Waals surface area contributed by atoms with E-state index in [9.17, 15) is 22.4 Å². The van der Waals surface area contributed by atoms with Crippen LogP contribution in [-0.4, -0.2) is 18.1 Å². The van der Waals surface area contributed by atoms with Crippen molar-refractivity contribution in [2.24, 2.45) is 10.8 Å². The van der Waals surface area contributed by atoms with Gasteiger partial charge in [0.2, 0.25) is 0 Å². The Morgan fingerprint density at radius 3 is 1.46 bits per heavy atom. The van der Waals surface area contributed by atoms with Crippen LogP contribution < -0.4 is 0 Å². The Balaban J connectivity index is 1.62. The normalized spacial score (nSPS) is 32.3. The van der Waals surface area contributed by atoms with Gasteiger partial charge in [0.15, 0.2) is 5.78 Å². The van der Waals surface area contributed by atoms with Gasteiger partial charge < -0.3 is 0 Å². The summed E-state index contributed by atoms with van der Waals surface area (Å²) in [7, 11) is 0. The highest BCUT2D eigenvalue weighted by Gasteiger charge is 2.72. The molecule has 4 unspecified atom stereocenters. The molecule has 26 heavy (non-hydrogen) atoms. The van der Waals surface area contributed by atoms with Crippen LogP contribution in [0, 0.1) is 22.5 Å². The van der Waals surface area contributed by atoms with E-state index in [1.807, 2.05) is 0 Å². The van der Waals surface area contributed by atoms with Crippen molar-refractivity contribution in [1.82, 2.24) is 0 Å². The molecule has 1 nitrogen and oxygen atoms in total. The number of alkyl halides is 2. The maximum Gasteiger partial charge on any atom is 0.151 e. The minimum atomic E-state index is -1.42. The third-order valence-electron chi connectivity index (χ3n) is 5.80. The highest BCUT2D eigenvalue weighted by Crippen LogP contribution is 2.63. The van der Waals surface area contributed by atoms with Crippen molar-refractivity contribution in [1.29, 1.82) is 0 Å². The van der Waals surface area contributed by atoms with Crippen molar-refractivity contribution in [3.63, 3.8) is 0 Å². The van der Waals surface area contributed by atoms with Gasteiger partial charge in [-0.2, -0.15) is 0 Å². The average molecular weight is 362 g/mol. The highest BCUT2D eigenvalue weighted by atomic mass is 19.1. The number of hydrogen-bond donors (Lipinski definition) is 0. The lowest BCUT2D eigenvalue weighted by Gasteiger charge is -2.22. The molecule has 2 aliphatic carbocycles. The van der Waals surface area contributed by atoms with Crippen LogP contribution in [0.15, 0.2) is 48.5 Å². The third-order valence-corrected chi connectivity index (χ3v) is 5.80. The molecule has 0 bridgehead atoms. The summed E-state index contributed by atoms with van der Waals surface area (Å²) < 4.78 is 56.5. The molecule has 0 radical (unpaired) electrons. The minimum absolute atomic E-state index is 0.0358. The number of carbonyl (C=O) groups excluding carboxylic acids is 1. The fraction of sp³-hybridized carbons (Fsp3) is 0.381. The molecule has 0 heterocycles. The molecule has 4 atom stereocenters. The number of carbonyl (C=O) groups is 1. The molecule has 2 aliphatic rings. The monoisotopic (exact) mass is 362 g/mol. The quantitative estimate of drug-likeness (QED) is 0.676. The van der Waals surface area contributed by atoms with Gasteiger partial charge >= 0.3 is 0 Å². The zero-order chi connectivity index (χ0) is 18.5. The highest BCUT2D eigenvalue weighted by molar-refractivity contribution is 5.97. The van der Waals surface area contributed by atoms with Crippen LogP contribution in [0.1, 0.15) is 24.0 Å². The Labute approximate surface area is 149 Å². The molecule has 136 valence electrons. The van der Waals surface area contributed by atoms with Crippen LogP contribution in [0.5, 0.6) is 0 Å². The Kier molecular flexibility index (Phi) is 3.94. The van der Waals surface area contributed by atoms with E-state index >= 15 is 0 Å². The Bertz CT molecular complexity index is 797. The lowest BCUT2D eigenvalue weighted by atomic mass is 9.79. The smallest absolute Gasteiger partial charge is 0.151 e. The minimum Gasteiger partial charge on any atom is -0.298 e. The van der Waals surface area contributed by atoms with E-state index in [0.29, 0.717) is 0 Å². The van der Waals surface area contributed by atoms with Crippen molar-refractivity contribution >= 4 is 5.78 Å². The summed E-state index contributed by atoms with van der Waals surface area (Å²) in [5.74, 6) is -1.54. The summed E-state index contributed by atoms with van der Waals surface area (Å²) in [6.45, 7) is 0. The van der Waals surface area contributed by atoms with Gasteiger partial charge in [-0.05, 0) is 48.9 Å². The lowest BCUT2D eigenvalue weighted by Crippen LogP contribution is -2.34. The van der Waals surface area contributed by atoms with E-state index in [1.54, 1.807) is 12.1 Å². The molecule has 5 heteroatoms. The van der Waals surface area contributed by atoms with Crippen LogP contribution in [0.25, 0.3) is 0 Å². The summed E-state index contributed by atoms with van der Waals surface area (Å²) in [4.78, 5) is 13.1. The Hall–Kier alpha value is -2.17. The zero-order valence-corrected chi connectivity index (χ0v) is 14.0. The number of Topliss-reactive ketones (excluding diaryl/α,β-unsaturated/α-hetero) is 1. The largest absolute Gasteiger partial charge is 0.298 e. The van der Waals surface area contributed by atoms with Gasteiger partial charge in [-0.25, -0.2) is 17.6 Å². The van der Waals surface area contributed by atoms with Gasteiger partial charge in [0, 0.05) is 0 Å². The topological polar surface area (TPSA) is 17.1 Å².